The third-order valence-corrected chi connectivity index (χ3v) is 8.43. The van der Waals surface area contributed by atoms with Gasteiger partial charge < -0.3 is 18.9 Å². The highest BCUT2D eigenvalue weighted by atomic mass is 16.6. The Bertz CT molecular complexity index is 1720. The minimum absolute atomic E-state index is 0.224. The molecule has 0 N–H and O–H groups in total. The molecule has 0 spiro atoms. The fourth-order valence-corrected chi connectivity index (χ4v) is 6.16. The Labute approximate surface area is 277 Å². The van der Waals surface area contributed by atoms with Gasteiger partial charge in [0.05, 0.1) is 5.41 Å². The van der Waals surface area contributed by atoms with E-state index >= 15 is 0 Å². The van der Waals surface area contributed by atoms with Gasteiger partial charge in [-0.1, -0.05) is 86.0 Å². The Morgan fingerprint density at radius 2 is 1.02 bits per heavy atom. The lowest BCUT2D eigenvalue weighted by Crippen LogP contribution is -2.29. The molecule has 4 aromatic carbocycles. The van der Waals surface area contributed by atoms with Crippen LogP contribution in [0.4, 0.5) is 0 Å². The number of hydrogen-bond donors (Lipinski definition) is 0. The van der Waals surface area contributed by atoms with Crippen LogP contribution in [0.1, 0.15) is 61.1 Å². The number of carbonyl (C=O) groups is 2. The largest absolute Gasteiger partial charge is 0.489 e. The predicted molar refractivity (Wildman–Crippen MR) is 185 cm³/mol. The van der Waals surface area contributed by atoms with Gasteiger partial charge in [-0.2, -0.15) is 0 Å². The van der Waals surface area contributed by atoms with Crippen molar-refractivity contribution >= 4 is 11.9 Å². The normalized spacial score (nSPS) is 13.8. The number of hydrogen-bond acceptors (Lipinski definition) is 6. The zero-order valence-corrected chi connectivity index (χ0v) is 28.0. The average molecular weight is 631 g/mol. The van der Waals surface area contributed by atoms with Gasteiger partial charge in [0.1, 0.15) is 36.9 Å². The molecule has 4 aromatic rings. The van der Waals surface area contributed by atoms with Gasteiger partial charge in [-0.25, -0.2) is 9.59 Å². The zero-order valence-electron chi connectivity index (χ0n) is 28.0. The fourth-order valence-electron chi connectivity index (χ4n) is 6.16. The number of benzene rings is 4. The SMILES string of the molecule is C=C(C)C(=O)OC(C)COc1ccc(C2(c3ccc(OCC(C)OC(=O)C(=C)C)c(C)c3)c3ccccc3-c3ccccc32)cc1C. The topological polar surface area (TPSA) is 71.1 Å². The molecule has 0 saturated heterocycles. The minimum Gasteiger partial charge on any atom is -0.489 e. The van der Waals surface area contributed by atoms with Gasteiger partial charge >= 0.3 is 11.9 Å². The summed E-state index contributed by atoms with van der Waals surface area (Å²) in [4.78, 5) is 23.9. The molecule has 0 heterocycles. The number of carbonyl (C=O) groups excluding carboxylic acids is 2. The number of rotatable bonds is 12. The van der Waals surface area contributed by atoms with Crippen molar-refractivity contribution in [2.75, 3.05) is 13.2 Å². The van der Waals surface area contributed by atoms with Gasteiger partial charge in [0.25, 0.3) is 0 Å². The van der Waals surface area contributed by atoms with E-state index in [4.69, 9.17) is 18.9 Å². The first-order valence-corrected chi connectivity index (χ1v) is 15.8. The van der Waals surface area contributed by atoms with Crippen molar-refractivity contribution < 1.29 is 28.5 Å². The average Bonchev–Trinajstić information content (AvgIpc) is 3.34. The smallest absolute Gasteiger partial charge is 0.333 e. The van der Waals surface area contributed by atoms with Gasteiger partial charge in [0.15, 0.2) is 0 Å². The third kappa shape index (κ3) is 6.59. The van der Waals surface area contributed by atoms with Crippen LogP contribution in [0, 0.1) is 13.8 Å². The molecular formula is C41H42O6. The summed E-state index contributed by atoms with van der Waals surface area (Å²) >= 11 is 0. The van der Waals surface area contributed by atoms with Crippen LogP contribution in [-0.4, -0.2) is 37.4 Å². The van der Waals surface area contributed by atoms with Gasteiger partial charge in [0, 0.05) is 11.1 Å². The van der Waals surface area contributed by atoms with Gasteiger partial charge in [0.2, 0.25) is 0 Å². The van der Waals surface area contributed by atoms with Crippen molar-refractivity contribution in [2.24, 2.45) is 0 Å². The van der Waals surface area contributed by atoms with Gasteiger partial charge in [-0.05, 0) is 98.2 Å². The minimum atomic E-state index is -0.603. The summed E-state index contributed by atoms with van der Waals surface area (Å²) in [6.07, 6.45) is -0.855. The van der Waals surface area contributed by atoms with E-state index < -0.39 is 29.6 Å². The van der Waals surface area contributed by atoms with E-state index in [9.17, 15) is 9.59 Å². The molecule has 0 radical (unpaired) electrons. The molecule has 0 aliphatic heterocycles. The van der Waals surface area contributed by atoms with E-state index in [1.807, 2.05) is 26.0 Å². The van der Waals surface area contributed by atoms with E-state index in [-0.39, 0.29) is 13.2 Å². The van der Waals surface area contributed by atoms with Crippen LogP contribution >= 0.6 is 0 Å². The first-order chi connectivity index (χ1) is 22.4. The number of fused-ring (bicyclic) bond motifs is 3. The van der Waals surface area contributed by atoms with E-state index in [2.05, 4.69) is 86.0 Å². The monoisotopic (exact) mass is 630 g/mol. The maximum Gasteiger partial charge on any atom is 0.333 e. The molecule has 47 heavy (non-hydrogen) atoms. The van der Waals surface area contributed by atoms with E-state index in [0.717, 1.165) is 33.8 Å². The molecule has 2 unspecified atom stereocenters. The van der Waals surface area contributed by atoms with Crippen molar-refractivity contribution in [2.45, 2.75) is 59.2 Å². The van der Waals surface area contributed by atoms with Crippen LogP contribution in [0.25, 0.3) is 11.1 Å². The van der Waals surface area contributed by atoms with E-state index in [1.165, 1.54) is 22.3 Å². The summed E-state index contributed by atoms with van der Waals surface area (Å²) in [5, 5.41) is 0. The maximum absolute atomic E-state index is 12.0. The zero-order chi connectivity index (χ0) is 33.9. The molecular weight excluding hydrogens is 588 g/mol. The van der Waals surface area contributed by atoms with Crippen molar-refractivity contribution in [3.63, 3.8) is 0 Å². The Morgan fingerprint density at radius 3 is 1.38 bits per heavy atom. The number of aryl methyl sites for hydroxylation is 2. The Balaban J connectivity index is 1.53. The van der Waals surface area contributed by atoms with Crippen LogP contribution in [0.3, 0.4) is 0 Å². The Hall–Kier alpha value is -5.10. The molecule has 6 nitrogen and oxygen atoms in total. The highest BCUT2D eigenvalue weighted by Gasteiger charge is 2.46. The summed E-state index contributed by atoms with van der Waals surface area (Å²) in [6.45, 7) is 18.7. The molecule has 242 valence electrons. The summed E-state index contributed by atoms with van der Waals surface area (Å²) in [5.41, 5.74) is 9.04. The summed E-state index contributed by atoms with van der Waals surface area (Å²) < 4.78 is 23.1. The summed E-state index contributed by atoms with van der Waals surface area (Å²) in [5.74, 6) is 0.591. The maximum atomic E-state index is 12.0. The van der Waals surface area contributed by atoms with Gasteiger partial charge in [-0.3, -0.25) is 0 Å². The first-order valence-electron chi connectivity index (χ1n) is 15.8. The molecule has 5 rings (SSSR count). The third-order valence-electron chi connectivity index (χ3n) is 8.43. The molecule has 6 heteroatoms. The van der Waals surface area contributed by atoms with Crippen molar-refractivity contribution in [1.82, 2.24) is 0 Å². The molecule has 1 aliphatic carbocycles. The second-order valence-corrected chi connectivity index (χ2v) is 12.4. The van der Waals surface area contributed by atoms with E-state index in [1.54, 1.807) is 27.7 Å². The van der Waals surface area contributed by atoms with Crippen molar-refractivity contribution in [3.05, 3.63) is 143 Å². The van der Waals surface area contributed by atoms with Crippen LogP contribution in [-0.2, 0) is 24.5 Å². The number of esters is 2. The molecule has 1 aliphatic rings. The van der Waals surface area contributed by atoms with Crippen LogP contribution < -0.4 is 9.47 Å². The molecule has 0 amide bonds. The Morgan fingerprint density at radius 1 is 0.638 bits per heavy atom. The Kier molecular flexibility index (Phi) is 9.71. The first kappa shape index (κ1) is 33.3. The molecule has 0 aromatic heterocycles. The van der Waals surface area contributed by atoms with Crippen LogP contribution in [0.15, 0.2) is 109 Å². The second-order valence-electron chi connectivity index (χ2n) is 12.4. The summed E-state index contributed by atoms with van der Waals surface area (Å²) in [7, 11) is 0. The quantitative estimate of drug-likeness (QED) is 0.102. The number of ether oxygens (including phenoxy) is 4. The van der Waals surface area contributed by atoms with Gasteiger partial charge in [-0.15, -0.1) is 0 Å². The second kappa shape index (κ2) is 13.7. The van der Waals surface area contributed by atoms with Crippen molar-refractivity contribution in [1.29, 1.82) is 0 Å². The van der Waals surface area contributed by atoms with E-state index in [0.29, 0.717) is 11.1 Å². The summed E-state index contributed by atoms with van der Waals surface area (Å²) in [6, 6.07) is 29.8. The highest BCUT2D eigenvalue weighted by Crippen LogP contribution is 2.56. The van der Waals surface area contributed by atoms with Crippen LogP contribution in [0.5, 0.6) is 11.5 Å². The standard InChI is InChI=1S/C41H42O6/c1-25(2)39(42)46-29(7)23-44-37-19-17-31(21-27(37)5)41(35-15-11-9-13-33(35)34-14-10-12-16-36(34)41)32-18-20-38(28(6)22-32)45-24-30(8)47-40(43)26(3)4/h9-22,29-30H,1,3,23-24H2,2,4-8H3. The lowest BCUT2D eigenvalue weighted by molar-refractivity contribution is -0.145. The van der Waals surface area contributed by atoms with Crippen molar-refractivity contribution in [3.8, 4) is 22.6 Å². The highest BCUT2D eigenvalue weighted by molar-refractivity contribution is 5.88. The molecule has 0 saturated carbocycles. The van der Waals surface area contributed by atoms with Crippen LogP contribution in [0.2, 0.25) is 0 Å². The molecule has 0 fully saturated rings. The molecule has 2 atom stereocenters. The fraction of sp³-hybridized carbons (Fsp3) is 0.268. The lowest BCUT2D eigenvalue weighted by Gasteiger charge is -2.34. The predicted octanol–water partition coefficient (Wildman–Crippen LogP) is 8.44. The molecule has 0 bridgehead atoms. The lowest BCUT2D eigenvalue weighted by atomic mass is 9.67.